The van der Waals surface area contributed by atoms with E-state index < -0.39 is 0 Å². The van der Waals surface area contributed by atoms with Gasteiger partial charge in [0, 0.05) is 17.1 Å². The molecule has 4 heteroatoms. The molecule has 0 atom stereocenters. The summed E-state index contributed by atoms with van der Waals surface area (Å²) in [6.07, 6.45) is 6.42. The first kappa shape index (κ1) is 11.7. The van der Waals surface area contributed by atoms with Gasteiger partial charge in [0.1, 0.15) is 5.82 Å². The largest absolute Gasteiger partial charge is 0.367 e. The predicted octanol–water partition coefficient (Wildman–Crippen LogP) is 2.31. The average Bonchev–Trinajstić information content (AvgIpc) is 2.33. The fourth-order valence-electron chi connectivity index (χ4n) is 1.95. The smallest absolute Gasteiger partial charge is 0.126 e. The Kier molecular flexibility index (Phi) is 4.07. The van der Waals surface area contributed by atoms with Gasteiger partial charge in [-0.15, -0.1) is 11.8 Å². The van der Waals surface area contributed by atoms with Crippen molar-refractivity contribution in [2.75, 3.05) is 31.7 Å². The molecule has 0 amide bonds. The van der Waals surface area contributed by atoms with E-state index >= 15 is 0 Å². The van der Waals surface area contributed by atoms with Gasteiger partial charge in [0.25, 0.3) is 0 Å². The number of anilines is 1. The molecule has 1 N–H and O–H groups in total. The molecule has 0 radical (unpaired) electrons. The lowest BCUT2D eigenvalue weighted by Crippen LogP contribution is -2.36. The summed E-state index contributed by atoms with van der Waals surface area (Å²) in [6.45, 7) is 2.36. The van der Waals surface area contributed by atoms with Gasteiger partial charge in [-0.1, -0.05) is 0 Å². The zero-order valence-corrected chi connectivity index (χ0v) is 10.8. The van der Waals surface area contributed by atoms with Crippen LogP contribution in [0.1, 0.15) is 12.8 Å². The number of nitrogens with one attached hydrogen (secondary N) is 1. The Bertz CT molecular complexity index is 318. The molecule has 1 aromatic rings. The average molecular weight is 237 g/mol. The second kappa shape index (κ2) is 5.55. The summed E-state index contributed by atoms with van der Waals surface area (Å²) < 4.78 is 0. The normalized spacial score (nSPS) is 18.6. The minimum absolute atomic E-state index is 0.587. The zero-order valence-electron chi connectivity index (χ0n) is 9.94. The number of likely N-dealkylation sites (tertiary alicyclic amines) is 1. The van der Waals surface area contributed by atoms with Gasteiger partial charge in [0.2, 0.25) is 0 Å². The van der Waals surface area contributed by atoms with Crippen LogP contribution < -0.4 is 5.32 Å². The van der Waals surface area contributed by atoms with E-state index in [1.165, 1.54) is 30.8 Å². The van der Waals surface area contributed by atoms with Gasteiger partial charge in [-0.2, -0.15) is 0 Å². The Hall–Kier alpha value is -0.740. The van der Waals surface area contributed by atoms with E-state index in [0.717, 1.165) is 5.82 Å². The Morgan fingerprint density at radius 1 is 1.38 bits per heavy atom. The fraction of sp³-hybridized carbons (Fsp3) is 0.583. The summed E-state index contributed by atoms with van der Waals surface area (Å²) in [7, 11) is 2.18. The van der Waals surface area contributed by atoms with Gasteiger partial charge in [-0.25, -0.2) is 4.98 Å². The molecule has 1 aliphatic heterocycles. The van der Waals surface area contributed by atoms with Crippen LogP contribution in [0.25, 0.3) is 0 Å². The van der Waals surface area contributed by atoms with Crippen molar-refractivity contribution in [2.24, 2.45) is 0 Å². The molecule has 1 aromatic heterocycles. The maximum atomic E-state index is 4.42. The molecule has 16 heavy (non-hydrogen) atoms. The van der Waals surface area contributed by atoms with Crippen LogP contribution in [0.5, 0.6) is 0 Å². The zero-order chi connectivity index (χ0) is 11.4. The van der Waals surface area contributed by atoms with Crippen LogP contribution in [-0.4, -0.2) is 42.3 Å². The first-order valence-electron chi connectivity index (χ1n) is 5.73. The van der Waals surface area contributed by atoms with Crippen molar-refractivity contribution < 1.29 is 0 Å². The lowest BCUT2D eigenvalue weighted by atomic mass is 10.1. The van der Waals surface area contributed by atoms with Crippen molar-refractivity contribution in [3.8, 4) is 0 Å². The first-order valence-corrected chi connectivity index (χ1v) is 6.95. The summed E-state index contributed by atoms with van der Waals surface area (Å²) in [5, 5.41) is 3.51. The second-order valence-corrected chi connectivity index (χ2v) is 5.18. The van der Waals surface area contributed by atoms with Crippen molar-refractivity contribution >= 4 is 17.6 Å². The van der Waals surface area contributed by atoms with Crippen LogP contribution >= 0.6 is 11.8 Å². The van der Waals surface area contributed by atoms with Gasteiger partial charge in [0.15, 0.2) is 0 Å². The van der Waals surface area contributed by atoms with Crippen molar-refractivity contribution in [1.82, 2.24) is 9.88 Å². The first-order chi connectivity index (χ1) is 7.78. The molecule has 1 fully saturated rings. The van der Waals surface area contributed by atoms with E-state index in [1.807, 2.05) is 6.20 Å². The van der Waals surface area contributed by atoms with Crippen molar-refractivity contribution in [3.63, 3.8) is 0 Å². The number of hydrogen-bond acceptors (Lipinski definition) is 4. The van der Waals surface area contributed by atoms with Crippen LogP contribution in [0, 0.1) is 0 Å². The van der Waals surface area contributed by atoms with Crippen LogP contribution in [0.4, 0.5) is 5.82 Å². The lowest BCUT2D eigenvalue weighted by Gasteiger charge is -2.29. The second-order valence-electron chi connectivity index (χ2n) is 4.31. The molecule has 1 saturated heterocycles. The molecule has 0 unspecified atom stereocenters. The van der Waals surface area contributed by atoms with E-state index in [-0.39, 0.29) is 0 Å². The minimum Gasteiger partial charge on any atom is -0.367 e. The number of thioether (sulfide) groups is 1. The van der Waals surface area contributed by atoms with Crippen LogP contribution in [0.2, 0.25) is 0 Å². The third kappa shape index (κ3) is 3.12. The summed E-state index contributed by atoms with van der Waals surface area (Å²) >= 11 is 1.73. The topological polar surface area (TPSA) is 28.2 Å². The molecule has 0 bridgehead atoms. The summed E-state index contributed by atoms with van der Waals surface area (Å²) in [5.74, 6) is 1.01. The highest BCUT2D eigenvalue weighted by molar-refractivity contribution is 7.98. The summed E-state index contributed by atoms with van der Waals surface area (Å²) in [4.78, 5) is 8.01. The molecular weight excluding hydrogens is 218 g/mol. The molecule has 2 heterocycles. The molecule has 0 spiro atoms. The standard InChI is InChI=1S/C12H19N3S/c1-15-7-5-10(6-8-15)14-12-4-3-11(16-2)9-13-12/h3-4,9-10H,5-8H2,1-2H3,(H,13,14). The van der Waals surface area contributed by atoms with Crippen LogP contribution in [-0.2, 0) is 0 Å². The highest BCUT2D eigenvalue weighted by Crippen LogP contribution is 2.17. The summed E-state index contributed by atoms with van der Waals surface area (Å²) in [5.41, 5.74) is 0. The Labute approximate surface area is 102 Å². The quantitative estimate of drug-likeness (QED) is 0.817. The monoisotopic (exact) mass is 237 g/mol. The van der Waals surface area contributed by atoms with Crippen molar-refractivity contribution in [1.29, 1.82) is 0 Å². The van der Waals surface area contributed by atoms with Crippen LogP contribution in [0.15, 0.2) is 23.2 Å². The molecule has 88 valence electrons. The maximum absolute atomic E-state index is 4.42. The third-order valence-electron chi connectivity index (χ3n) is 3.04. The van der Waals surface area contributed by atoms with Gasteiger partial charge >= 0.3 is 0 Å². The molecule has 2 rings (SSSR count). The highest BCUT2D eigenvalue weighted by atomic mass is 32.2. The van der Waals surface area contributed by atoms with E-state index in [9.17, 15) is 0 Å². The minimum atomic E-state index is 0.587. The lowest BCUT2D eigenvalue weighted by molar-refractivity contribution is 0.263. The van der Waals surface area contributed by atoms with Crippen LogP contribution in [0.3, 0.4) is 0 Å². The number of piperidine rings is 1. The summed E-state index contributed by atoms with van der Waals surface area (Å²) in [6, 6.07) is 4.78. The highest BCUT2D eigenvalue weighted by Gasteiger charge is 2.16. The molecule has 0 saturated carbocycles. The van der Waals surface area contributed by atoms with Gasteiger partial charge in [-0.3, -0.25) is 0 Å². The molecule has 0 aliphatic carbocycles. The number of aromatic nitrogens is 1. The molecule has 1 aliphatic rings. The number of nitrogens with zero attached hydrogens (tertiary/aromatic N) is 2. The number of hydrogen-bond donors (Lipinski definition) is 1. The Morgan fingerprint density at radius 3 is 2.69 bits per heavy atom. The molecular formula is C12H19N3S. The maximum Gasteiger partial charge on any atom is 0.126 e. The Morgan fingerprint density at radius 2 is 2.12 bits per heavy atom. The van der Waals surface area contributed by atoms with Crippen molar-refractivity contribution in [3.05, 3.63) is 18.3 Å². The number of pyridine rings is 1. The van der Waals surface area contributed by atoms with E-state index in [0.29, 0.717) is 6.04 Å². The van der Waals surface area contributed by atoms with E-state index in [4.69, 9.17) is 0 Å². The number of rotatable bonds is 3. The van der Waals surface area contributed by atoms with Gasteiger partial charge < -0.3 is 10.2 Å². The SMILES string of the molecule is CSc1ccc(NC2CCN(C)CC2)nc1. The predicted molar refractivity (Wildman–Crippen MR) is 70.2 cm³/mol. The molecule has 3 nitrogen and oxygen atoms in total. The van der Waals surface area contributed by atoms with Crippen molar-refractivity contribution in [2.45, 2.75) is 23.8 Å². The van der Waals surface area contributed by atoms with Gasteiger partial charge in [0.05, 0.1) is 0 Å². The van der Waals surface area contributed by atoms with E-state index in [2.05, 4.69) is 40.6 Å². The third-order valence-corrected chi connectivity index (χ3v) is 3.76. The fourth-order valence-corrected chi connectivity index (χ4v) is 2.31. The molecule has 0 aromatic carbocycles. The van der Waals surface area contributed by atoms with E-state index in [1.54, 1.807) is 11.8 Å². The Balaban J connectivity index is 1.88. The van der Waals surface area contributed by atoms with Gasteiger partial charge in [-0.05, 0) is 51.4 Å².